The number of anilines is 1. The van der Waals surface area contributed by atoms with Gasteiger partial charge in [-0.05, 0) is 61.9 Å². The monoisotopic (exact) mass is 453 g/mol. The predicted molar refractivity (Wildman–Crippen MR) is 139 cm³/mol. The largest absolute Gasteiger partial charge is 0.489 e. The maximum Gasteiger partial charge on any atom is 0.237 e. The van der Waals surface area contributed by atoms with Crippen LogP contribution in [0.3, 0.4) is 0 Å². The summed E-state index contributed by atoms with van der Waals surface area (Å²) in [5.74, 6) is 1.51. The smallest absolute Gasteiger partial charge is 0.237 e. The molecule has 33 heavy (non-hydrogen) atoms. The lowest BCUT2D eigenvalue weighted by atomic mass is 9.97. The first-order valence-corrected chi connectivity index (χ1v) is 12.2. The van der Waals surface area contributed by atoms with Gasteiger partial charge in [-0.25, -0.2) is 0 Å². The van der Waals surface area contributed by atoms with E-state index in [2.05, 4.69) is 69.1 Å². The molecule has 1 amide bonds. The van der Waals surface area contributed by atoms with Crippen molar-refractivity contribution in [1.29, 1.82) is 0 Å². The van der Waals surface area contributed by atoms with Crippen LogP contribution in [-0.2, 0) is 11.4 Å². The van der Waals surface area contributed by atoms with Crippen molar-refractivity contribution in [3.8, 4) is 5.75 Å². The van der Waals surface area contributed by atoms with E-state index in [1.807, 2.05) is 37.3 Å². The molecule has 0 spiro atoms. The molecule has 0 fully saturated rings. The quantitative estimate of drug-likeness (QED) is 0.427. The van der Waals surface area contributed by atoms with E-state index in [0.29, 0.717) is 19.1 Å². The Morgan fingerprint density at radius 1 is 1.06 bits per heavy atom. The number of carbonyl (C=O) groups is 1. The Hall–Kier alpha value is -2.53. The van der Waals surface area contributed by atoms with Crippen molar-refractivity contribution >= 4 is 11.6 Å². The van der Waals surface area contributed by atoms with Gasteiger partial charge >= 0.3 is 0 Å². The average molecular weight is 454 g/mol. The molecule has 3 N–H and O–H groups in total. The van der Waals surface area contributed by atoms with E-state index >= 15 is 0 Å². The molecule has 2 atom stereocenters. The van der Waals surface area contributed by atoms with Crippen molar-refractivity contribution in [3.05, 3.63) is 60.2 Å². The van der Waals surface area contributed by atoms with Gasteiger partial charge in [0.05, 0.1) is 11.6 Å². The fourth-order valence-electron chi connectivity index (χ4n) is 3.65. The lowest BCUT2D eigenvalue weighted by Crippen LogP contribution is -2.57. The summed E-state index contributed by atoms with van der Waals surface area (Å²) in [7, 11) is 0. The zero-order chi connectivity index (χ0) is 24.4. The summed E-state index contributed by atoms with van der Waals surface area (Å²) in [6.45, 7) is 14.8. The van der Waals surface area contributed by atoms with Crippen LogP contribution in [0.25, 0.3) is 0 Å². The van der Waals surface area contributed by atoms with E-state index in [4.69, 9.17) is 10.5 Å². The van der Waals surface area contributed by atoms with Crippen LogP contribution in [0.4, 0.5) is 5.69 Å². The molecule has 182 valence electrons. The van der Waals surface area contributed by atoms with E-state index in [1.54, 1.807) is 0 Å². The van der Waals surface area contributed by atoms with Gasteiger partial charge in [-0.3, -0.25) is 4.79 Å². The Morgan fingerprint density at radius 3 is 2.27 bits per heavy atom. The first kappa shape index (κ1) is 26.7. The van der Waals surface area contributed by atoms with Crippen molar-refractivity contribution in [2.24, 2.45) is 17.6 Å². The number of carbonyl (C=O) groups excluding carboxylic acids is 1. The van der Waals surface area contributed by atoms with Gasteiger partial charge in [0.25, 0.3) is 0 Å². The first-order chi connectivity index (χ1) is 15.6. The number of ether oxygens (including phenoxy) is 1. The van der Waals surface area contributed by atoms with Crippen LogP contribution in [0.1, 0.15) is 59.9 Å². The highest BCUT2D eigenvalue weighted by Gasteiger charge is 2.28. The van der Waals surface area contributed by atoms with Crippen molar-refractivity contribution in [2.75, 3.05) is 18.0 Å². The highest BCUT2D eigenvalue weighted by Crippen LogP contribution is 2.23. The summed E-state index contributed by atoms with van der Waals surface area (Å²) in [5.41, 5.74) is 8.02. The zero-order valence-electron chi connectivity index (χ0n) is 21.3. The molecule has 0 radical (unpaired) electrons. The molecule has 5 heteroatoms. The maximum absolute atomic E-state index is 12.7. The van der Waals surface area contributed by atoms with Crippen LogP contribution in [0.2, 0.25) is 0 Å². The maximum atomic E-state index is 12.7. The van der Waals surface area contributed by atoms with Gasteiger partial charge in [0, 0.05) is 18.8 Å². The van der Waals surface area contributed by atoms with E-state index in [-0.39, 0.29) is 11.8 Å². The highest BCUT2D eigenvalue weighted by atomic mass is 16.5. The second-order valence-electron chi connectivity index (χ2n) is 10.2. The third kappa shape index (κ3) is 9.09. The highest BCUT2D eigenvalue weighted by molar-refractivity contribution is 5.82. The Kier molecular flexibility index (Phi) is 10.2. The third-order valence-corrected chi connectivity index (χ3v) is 6.03. The molecule has 0 saturated carbocycles. The van der Waals surface area contributed by atoms with Crippen LogP contribution >= 0.6 is 0 Å². The standard InChI is InChI=1S/C28H43N3O2/c1-7-22(4)26(29)27(32)30-28(5,6)20-31(18-17-21(2)3)24-13-15-25(16-14-24)33-19-23-11-9-8-10-12-23/h8-16,21-22,26H,7,17-20,29H2,1-6H3,(H,30,32). The average Bonchev–Trinajstić information content (AvgIpc) is 2.80. The van der Waals surface area contributed by atoms with Gasteiger partial charge in [0.1, 0.15) is 12.4 Å². The molecular weight excluding hydrogens is 410 g/mol. The molecule has 0 aromatic heterocycles. The van der Waals surface area contributed by atoms with Crippen LogP contribution in [0.5, 0.6) is 5.75 Å². The topological polar surface area (TPSA) is 67.6 Å². The number of nitrogens with zero attached hydrogens (tertiary/aromatic N) is 1. The Balaban J connectivity index is 2.07. The van der Waals surface area contributed by atoms with Crippen molar-refractivity contribution in [1.82, 2.24) is 5.32 Å². The normalized spacial score (nSPS) is 13.5. The van der Waals surface area contributed by atoms with Crippen molar-refractivity contribution in [2.45, 2.75) is 72.6 Å². The number of amides is 1. The zero-order valence-corrected chi connectivity index (χ0v) is 21.3. The number of nitrogens with one attached hydrogen (secondary N) is 1. The van der Waals surface area contributed by atoms with Crippen molar-refractivity contribution < 1.29 is 9.53 Å². The number of nitrogens with two attached hydrogens (primary N) is 1. The number of benzene rings is 2. The summed E-state index contributed by atoms with van der Waals surface area (Å²) >= 11 is 0. The molecule has 0 heterocycles. The van der Waals surface area contributed by atoms with Gasteiger partial charge in [-0.15, -0.1) is 0 Å². The molecule has 2 aromatic rings. The number of rotatable bonds is 13. The Morgan fingerprint density at radius 2 is 1.70 bits per heavy atom. The number of hydrogen-bond acceptors (Lipinski definition) is 4. The van der Waals surface area contributed by atoms with Gasteiger partial charge in [0.15, 0.2) is 0 Å². The van der Waals surface area contributed by atoms with Gasteiger partial charge < -0.3 is 20.7 Å². The molecule has 2 aromatic carbocycles. The van der Waals surface area contributed by atoms with E-state index < -0.39 is 11.6 Å². The summed E-state index contributed by atoms with van der Waals surface area (Å²) < 4.78 is 5.95. The van der Waals surface area contributed by atoms with Gasteiger partial charge in [-0.2, -0.15) is 0 Å². The second-order valence-corrected chi connectivity index (χ2v) is 10.2. The molecule has 0 aliphatic carbocycles. The molecule has 2 rings (SSSR count). The summed E-state index contributed by atoms with van der Waals surface area (Å²) in [6.07, 6.45) is 1.96. The molecule has 0 aliphatic rings. The Labute approximate surface area is 200 Å². The molecule has 2 unspecified atom stereocenters. The lowest BCUT2D eigenvalue weighted by Gasteiger charge is -2.36. The summed E-state index contributed by atoms with van der Waals surface area (Å²) in [4.78, 5) is 15.0. The van der Waals surface area contributed by atoms with E-state index in [1.165, 1.54) is 0 Å². The summed E-state index contributed by atoms with van der Waals surface area (Å²) in [5, 5.41) is 3.18. The molecule has 0 bridgehead atoms. The fourth-order valence-corrected chi connectivity index (χ4v) is 3.65. The fraction of sp³-hybridized carbons (Fsp3) is 0.536. The van der Waals surface area contributed by atoms with Crippen molar-refractivity contribution in [3.63, 3.8) is 0 Å². The molecule has 0 saturated heterocycles. The van der Waals surface area contributed by atoms with Crippen LogP contribution in [-0.4, -0.2) is 30.6 Å². The number of hydrogen-bond donors (Lipinski definition) is 2. The summed E-state index contributed by atoms with van der Waals surface area (Å²) in [6, 6.07) is 17.9. The minimum absolute atomic E-state index is 0.0807. The lowest BCUT2D eigenvalue weighted by molar-refractivity contribution is -0.124. The molecular formula is C28H43N3O2. The Bertz CT molecular complexity index is 834. The van der Waals surface area contributed by atoms with Crippen LogP contribution in [0, 0.1) is 11.8 Å². The molecule has 0 aliphatic heterocycles. The van der Waals surface area contributed by atoms with E-state index in [0.717, 1.165) is 36.4 Å². The minimum atomic E-state index is -0.487. The second kappa shape index (κ2) is 12.6. The van der Waals surface area contributed by atoms with E-state index in [9.17, 15) is 4.79 Å². The third-order valence-electron chi connectivity index (χ3n) is 6.03. The van der Waals surface area contributed by atoms with Crippen LogP contribution in [0.15, 0.2) is 54.6 Å². The van der Waals surface area contributed by atoms with Gasteiger partial charge in [-0.1, -0.05) is 64.4 Å². The predicted octanol–water partition coefficient (Wildman–Crippen LogP) is 5.39. The SMILES string of the molecule is CCC(C)C(N)C(=O)NC(C)(C)CN(CCC(C)C)c1ccc(OCc2ccccc2)cc1. The molecule has 5 nitrogen and oxygen atoms in total. The van der Waals surface area contributed by atoms with Crippen LogP contribution < -0.4 is 20.7 Å². The minimum Gasteiger partial charge on any atom is -0.489 e. The van der Waals surface area contributed by atoms with Gasteiger partial charge in [0.2, 0.25) is 5.91 Å². The first-order valence-electron chi connectivity index (χ1n) is 12.2.